The van der Waals surface area contributed by atoms with E-state index in [1.54, 1.807) is 0 Å². The third-order valence-corrected chi connectivity index (χ3v) is 1.79. The maximum absolute atomic E-state index is 9.11. The highest BCUT2D eigenvalue weighted by Crippen LogP contribution is 2.21. The Labute approximate surface area is 61.2 Å². The highest BCUT2D eigenvalue weighted by molar-refractivity contribution is 4.99. The van der Waals surface area contributed by atoms with E-state index in [0.717, 1.165) is 12.8 Å². The van der Waals surface area contributed by atoms with Crippen molar-refractivity contribution in [3.8, 4) is 12.3 Å². The van der Waals surface area contributed by atoms with Gasteiger partial charge >= 0.3 is 0 Å². The first-order valence-electron chi connectivity index (χ1n) is 3.53. The molecule has 1 heterocycles. The van der Waals surface area contributed by atoms with Gasteiger partial charge < -0.3 is 9.84 Å². The molecule has 1 N–H and O–H groups in total. The maximum atomic E-state index is 9.11. The Bertz CT molecular complexity index is 148. The van der Waals surface area contributed by atoms with E-state index in [-0.39, 0.29) is 12.2 Å². The van der Waals surface area contributed by atoms with Crippen molar-refractivity contribution in [3.05, 3.63) is 0 Å². The summed E-state index contributed by atoms with van der Waals surface area (Å²) in [7, 11) is 0. The Balaban J connectivity index is 2.39. The zero-order chi connectivity index (χ0) is 7.56. The van der Waals surface area contributed by atoms with E-state index in [0.29, 0.717) is 0 Å². The minimum absolute atomic E-state index is 0.125. The summed E-state index contributed by atoms with van der Waals surface area (Å²) in [5, 5.41) is 9.11. The molecule has 1 rings (SSSR count). The summed E-state index contributed by atoms with van der Waals surface area (Å²) in [6, 6.07) is 0. The zero-order valence-corrected chi connectivity index (χ0v) is 6.08. The highest BCUT2D eigenvalue weighted by atomic mass is 16.5. The number of terminal acetylenes is 1. The molecule has 1 fully saturated rings. The van der Waals surface area contributed by atoms with Gasteiger partial charge in [0.05, 0.1) is 12.2 Å². The van der Waals surface area contributed by atoms with Crippen LogP contribution in [0.4, 0.5) is 0 Å². The molecule has 1 saturated heterocycles. The van der Waals surface area contributed by atoms with Crippen LogP contribution in [0, 0.1) is 12.3 Å². The molecule has 0 bridgehead atoms. The molecule has 0 aliphatic carbocycles. The highest BCUT2D eigenvalue weighted by Gasteiger charge is 2.26. The number of rotatable bonds is 1. The largest absolute Gasteiger partial charge is 0.378 e. The number of hydrogen-bond acceptors (Lipinski definition) is 2. The molecule has 0 aromatic rings. The average Bonchev–Trinajstić information content (AvgIpc) is 2.34. The Kier molecular flexibility index (Phi) is 2.31. The molecule has 1 aliphatic heterocycles. The molecule has 0 spiro atoms. The van der Waals surface area contributed by atoms with E-state index in [2.05, 4.69) is 5.92 Å². The van der Waals surface area contributed by atoms with Crippen LogP contribution in [0.1, 0.15) is 19.8 Å². The van der Waals surface area contributed by atoms with Crippen molar-refractivity contribution < 1.29 is 9.84 Å². The lowest BCUT2D eigenvalue weighted by atomic mass is 10.1. The SMILES string of the molecule is C#CC(O)[C@H]1CC[C@H](C)O1. The third kappa shape index (κ3) is 1.50. The second-order valence-electron chi connectivity index (χ2n) is 2.67. The van der Waals surface area contributed by atoms with Gasteiger partial charge in [0.15, 0.2) is 0 Å². The van der Waals surface area contributed by atoms with E-state index >= 15 is 0 Å². The van der Waals surface area contributed by atoms with Crippen LogP contribution in [-0.2, 0) is 4.74 Å². The normalized spacial score (nSPS) is 35.3. The first-order chi connectivity index (χ1) is 4.74. The standard InChI is InChI=1S/C8H12O2/c1-3-7(9)8-5-4-6(2)10-8/h1,6-9H,4-5H2,2H3/t6-,7?,8+/m0/s1. The fourth-order valence-electron chi connectivity index (χ4n) is 1.17. The van der Waals surface area contributed by atoms with E-state index in [9.17, 15) is 0 Å². The molecule has 0 amide bonds. The predicted octanol–water partition coefficient (Wildman–Crippen LogP) is 0.548. The fraction of sp³-hybridized carbons (Fsp3) is 0.750. The van der Waals surface area contributed by atoms with Crippen LogP contribution in [0.2, 0.25) is 0 Å². The topological polar surface area (TPSA) is 29.5 Å². The summed E-state index contributed by atoms with van der Waals surface area (Å²) in [6.45, 7) is 1.99. The van der Waals surface area contributed by atoms with Crippen molar-refractivity contribution in [2.75, 3.05) is 0 Å². The second-order valence-corrected chi connectivity index (χ2v) is 2.67. The summed E-state index contributed by atoms with van der Waals surface area (Å²) in [5.74, 6) is 2.26. The molecule has 2 heteroatoms. The molecule has 3 atom stereocenters. The fourth-order valence-corrected chi connectivity index (χ4v) is 1.17. The van der Waals surface area contributed by atoms with E-state index in [1.165, 1.54) is 0 Å². The van der Waals surface area contributed by atoms with Gasteiger partial charge in [-0.25, -0.2) is 0 Å². The summed E-state index contributed by atoms with van der Waals surface area (Å²) in [5.41, 5.74) is 0. The third-order valence-electron chi connectivity index (χ3n) is 1.79. The Morgan fingerprint density at radius 3 is 2.80 bits per heavy atom. The molecule has 0 radical (unpaired) electrons. The van der Waals surface area contributed by atoms with Gasteiger partial charge in [0.25, 0.3) is 0 Å². The summed E-state index contributed by atoms with van der Waals surface area (Å²) < 4.78 is 5.32. The molecule has 56 valence electrons. The zero-order valence-electron chi connectivity index (χ0n) is 6.08. The van der Waals surface area contributed by atoms with Gasteiger partial charge in [-0.05, 0) is 19.8 Å². The second kappa shape index (κ2) is 3.05. The van der Waals surface area contributed by atoms with Crippen LogP contribution in [0.5, 0.6) is 0 Å². The minimum atomic E-state index is -0.718. The van der Waals surface area contributed by atoms with Crippen LogP contribution >= 0.6 is 0 Å². The monoisotopic (exact) mass is 140 g/mol. The molecule has 1 aliphatic rings. The number of ether oxygens (including phenoxy) is 1. The molecule has 10 heavy (non-hydrogen) atoms. The Hall–Kier alpha value is -0.520. The molecular formula is C8H12O2. The molecule has 2 nitrogen and oxygen atoms in total. The summed E-state index contributed by atoms with van der Waals surface area (Å²) in [6.07, 6.45) is 6.32. The molecule has 0 aromatic heterocycles. The molecule has 0 saturated carbocycles. The van der Waals surface area contributed by atoms with Crippen LogP contribution < -0.4 is 0 Å². The van der Waals surface area contributed by atoms with E-state index < -0.39 is 6.10 Å². The lowest BCUT2D eigenvalue weighted by Crippen LogP contribution is -2.23. The summed E-state index contributed by atoms with van der Waals surface area (Å²) in [4.78, 5) is 0. The van der Waals surface area contributed by atoms with Crippen LogP contribution in [0.25, 0.3) is 0 Å². The quantitative estimate of drug-likeness (QED) is 0.539. The van der Waals surface area contributed by atoms with Crippen LogP contribution in [0.15, 0.2) is 0 Å². The molecular weight excluding hydrogens is 128 g/mol. The van der Waals surface area contributed by atoms with Gasteiger partial charge in [0, 0.05) is 0 Å². The van der Waals surface area contributed by atoms with Crippen molar-refractivity contribution in [2.45, 2.75) is 38.1 Å². The predicted molar refractivity (Wildman–Crippen MR) is 38.4 cm³/mol. The van der Waals surface area contributed by atoms with Crippen molar-refractivity contribution in [3.63, 3.8) is 0 Å². The molecule has 1 unspecified atom stereocenters. The first kappa shape index (κ1) is 7.59. The Morgan fingerprint density at radius 1 is 1.70 bits per heavy atom. The van der Waals surface area contributed by atoms with Gasteiger partial charge in [0.2, 0.25) is 0 Å². The average molecular weight is 140 g/mol. The lowest BCUT2D eigenvalue weighted by molar-refractivity contribution is -0.00523. The molecule has 0 aromatic carbocycles. The number of aliphatic hydroxyl groups excluding tert-OH is 1. The van der Waals surface area contributed by atoms with Crippen molar-refractivity contribution in [1.82, 2.24) is 0 Å². The van der Waals surface area contributed by atoms with Crippen LogP contribution in [-0.4, -0.2) is 23.4 Å². The van der Waals surface area contributed by atoms with Crippen molar-refractivity contribution >= 4 is 0 Å². The lowest BCUT2D eigenvalue weighted by Gasteiger charge is -2.12. The van der Waals surface area contributed by atoms with Gasteiger partial charge in [-0.1, -0.05) is 5.92 Å². The van der Waals surface area contributed by atoms with Gasteiger partial charge in [-0.2, -0.15) is 0 Å². The number of hydrogen-bond donors (Lipinski definition) is 1. The van der Waals surface area contributed by atoms with E-state index in [4.69, 9.17) is 16.3 Å². The smallest absolute Gasteiger partial charge is 0.140 e. The minimum Gasteiger partial charge on any atom is -0.378 e. The van der Waals surface area contributed by atoms with Crippen LogP contribution in [0.3, 0.4) is 0 Å². The summed E-state index contributed by atoms with van der Waals surface area (Å²) >= 11 is 0. The number of aliphatic hydroxyl groups is 1. The van der Waals surface area contributed by atoms with E-state index in [1.807, 2.05) is 6.92 Å². The maximum Gasteiger partial charge on any atom is 0.140 e. The first-order valence-corrected chi connectivity index (χ1v) is 3.53. The van der Waals surface area contributed by atoms with Crippen molar-refractivity contribution in [2.24, 2.45) is 0 Å². The van der Waals surface area contributed by atoms with Gasteiger partial charge in [-0.3, -0.25) is 0 Å². The Morgan fingerprint density at radius 2 is 2.40 bits per heavy atom. The van der Waals surface area contributed by atoms with Crippen molar-refractivity contribution in [1.29, 1.82) is 0 Å². The van der Waals surface area contributed by atoms with Gasteiger partial charge in [-0.15, -0.1) is 6.42 Å². The van der Waals surface area contributed by atoms with Gasteiger partial charge in [0.1, 0.15) is 6.10 Å².